The number of ketones is 1. The van der Waals surface area contributed by atoms with Gasteiger partial charge >= 0.3 is 0 Å². The molecule has 36 heavy (non-hydrogen) atoms. The fourth-order valence-electron chi connectivity index (χ4n) is 6.41. The minimum absolute atomic E-state index is 0.0199. The van der Waals surface area contributed by atoms with E-state index in [0.29, 0.717) is 25.7 Å². The van der Waals surface area contributed by atoms with Crippen molar-refractivity contribution in [2.45, 2.75) is 128 Å². The molecular weight excluding hydrogens is 464 g/mol. The van der Waals surface area contributed by atoms with E-state index in [1.807, 2.05) is 34.6 Å². The topological polar surface area (TPSA) is 115 Å². The minimum atomic E-state index is -1.97. The molecule has 2 unspecified atom stereocenters. The summed E-state index contributed by atoms with van der Waals surface area (Å²) >= 11 is 0. The van der Waals surface area contributed by atoms with Crippen LogP contribution in [0.15, 0.2) is 12.2 Å². The van der Waals surface area contributed by atoms with Crippen molar-refractivity contribution in [1.82, 2.24) is 0 Å². The zero-order valence-electron chi connectivity index (χ0n) is 23.2. The maximum absolute atomic E-state index is 13.3. The highest BCUT2D eigenvalue weighted by Gasteiger charge is 2.56. The molecule has 0 aromatic heterocycles. The second kappa shape index (κ2) is 11.1. The van der Waals surface area contributed by atoms with Gasteiger partial charge in [0.15, 0.2) is 5.79 Å². The van der Waals surface area contributed by atoms with Crippen LogP contribution in [0.3, 0.4) is 0 Å². The highest BCUT2D eigenvalue weighted by molar-refractivity contribution is 5.96. The van der Waals surface area contributed by atoms with E-state index in [9.17, 15) is 20.1 Å². The molecule has 0 amide bonds. The normalized spacial score (nSPS) is 46.8. The molecule has 3 fully saturated rings. The molecular formula is C28H48O8. The lowest BCUT2D eigenvalue weighted by atomic mass is 9.78. The van der Waals surface area contributed by atoms with Gasteiger partial charge < -0.3 is 34.3 Å². The second-order valence-corrected chi connectivity index (χ2v) is 11.6. The molecule has 8 heteroatoms. The molecule has 0 saturated carbocycles. The summed E-state index contributed by atoms with van der Waals surface area (Å²) in [7, 11) is 1.55. The van der Waals surface area contributed by atoms with E-state index in [1.54, 1.807) is 13.2 Å². The van der Waals surface area contributed by atoms with Gasteiger partial charge in [-0.3, -0.25) is 4.79 Å². The Morgan fingerprint density at radius 1 is 1.17 bits per heavy atom. The molecule has 0 aromatic carbocycles. The number of aliphatic hydroxyl groups excluding tert-OH is 1. The Kier molecular flexibility index (Phi) is 9.14. The third kappa shape index (κ3) is 5.46. The third-order valence-corrected chi connectivity index (χ3v) is 9.31. The molecule has 3 heterocycles. The van der Waals surface area contributed by atoms with Crippen LogP contribution in [0.2, 0.25) is 0 Å². The van der Waals surface area contributed by atoms with Crippen LogP contribution >= 0.6 is 0 Å². The van der Waals surface area contributed by atoms with Gasteiger partial charge in [0.25, 0.3) is 0 Å². The van der Waals surface area contributed by atoms with Gasteiger partial charge in [0.2, 0.25) is 11.6 Å². The Labute approximate surface area is 216 Å². The fourth-order valence-corrected chi connectivity index (χ4v) is 6.41. The van der Waals surface area contributed by atoms with Gasteiger partial charge in [-0.2, -0.15) is 0 Å². The average molecular weight is 513 g/mol. The van der Waals surface area contributed by atoms with Crippen LogP contribution in [0.25, 0.3) is 0 Å². The van der Waals surface area contributed by atoms with Crippen molar-refractivity contribution < 1.29 is 39.1 Å². The molecule has 208 valence electrons. The number of ether oxygens (including phenoxy) is 4. The summed E-state index contributed by atoms with van der Waals surface area (Å²) in [6.45, 7) is 11.8. The molecule has 0 bridgehead atoms. The molecule has 0 aliphatic carbocycles. The van der Waals surface area contributed by atoms with E-state index in [1.165, 1.54) is 6.08 Å². The van der Waals surface area contributed by atoms with Gasteiger partial charge in [0, 0.05) is 32.0 Å². The first-order valence-corrected chi connectivity index (χ1v) is 13.7. The van der Waals surface area contributed by atoms with E-state index in [2.05, 4.69) is 6.92 Å². The van der Waals surface area contributed by atoms with Crippen molar-refractivity contribution in [3.8, 4) is 0 Å². The summed E-state index contributed by atoms with van der Waals surface area (Å²) in [5.74, 6) is -3.49. The summed E-state index contributed by atoms with van der Waals surface area (Å²) in [5, 5.41) is 31.8. The Morgan fingerprint density at radius 3 is 2.42 bits per heavy atom. The number of carbonyl (C=O) groups is 1. The zero-order valence-corrected chi connectivity index (χ0v) is 23.2. The van der Waals surface area contributed by atoms with Crippen LogP contribution in [0.1, 0.15) is 86.5 Å². The van der Waals surface area contributed by atoms with Crippen LogP contribution in [0.4, 0.5) is 0 Å². The predicted molar refractivity (Wildman–Crippen MR) is 135 cm³/mol. The van der Waals surface area contributed by atoms with Crippen LogP contribution in [0, 0.1) is 17.8 Å². The first kappa shape index (κ1) is 29.7. The van der Waals surface area contributed by atoms with Crippen molar-refractivity contribution in [3.05, 3.63) is 12.2 Å². The lowest BCUT2D eigenvalue weighted by Gasteiger charge is -2.48. The van der Waals surface area contributed by atoms with E-state index in [0.717, 1.165) is 12.8 Å². The largest absolute Gasteiger partial charge is 0.396 e. The summed E-state index contributed by atoms with van der Waals surface area (Å²) in [5.41, 5.74) is -1.71. The molecule has 0 radical (unpaired) electrons. The molecule has 3 aliphatic rings. The number of carbonyl (C=O) groups excluding carboxylic acids is 1. The van der Waals surface area contributed by atoms with Crippen molar-refractivity contribution in [2.24, 2.45) is 17.8 Å². The number of hydrogen-bond acceptors (Lipinski definition) is 8. The van der Waals surface area contributed by atoms with Crippen LogP contribution < -0.4 is 0 Å². The minimum Gasteiger partial charge on any atom is -0.396 e. The van der Waals surface area contributed by atoms with E-state index in [4.69, 9.17) is 18.9 Å². The second-order valence-electron chi connectivity index (χ2n) is 11.6. The van der Waals surface area contributed by atoms with Gasteiger partial charge in [-0.1, -0.05) is 27.7 Å². The number of aliphatic hydroxyl groups is 3. The monoisotopic (exact) mass is 512 g/mol. The van der Waals surface area contributed by atoms with Gasteiger partial charge in [0.05, 0.1) is 29.5 Å². The maximum Gasteiger partial charge on any atom is 0.231 e. The average Bonchev–Trinajstić information content (AvgIpc) is 3.19. The molecule has 3 aliphatic heterocycles. The van der Waals surface area contributed by atoms with Crippen LogP contribution in [-0.2, 0) is 23.7 Å². The Balaban J connectivity index is 1.73. The standard InChI is InChI=1S/C28H48O8/c1-8-21(17-29)24-18(3)16-19(4)28(33-7,35-24)13-10-22(30)27(32)15-14-25(6,36-27)23-11-12-26(31,9-2)20(5)34-23/h10,13,18-21,23-24,29,31-32H,8-9,11-12,14-17H2,1-7H3/t18-,19+,20-,21-,23+,24-,25-,26+,27?,28?/m0/s1. The summed E-state index contributed by atoms with van der Waals surface area (Å²) in [6, 6.07) is 0. The molecule has 3 N–H and O–H groups in total. The summed E-state index contributed by atoms with van der Waals surface area (Å²) in [6.07, 6.45) is 5.98. The quantitative estimate of drug-likeness (QED) is 0.402. The maximum atomic E-state index is 13.3. The molecule has 3 saturated heterocycles. The predicted octanol–water partition coefficient (Wildman–Crippen LogP) is 3.50. The van der Waals surface area contributed by atoms with E-state index < -0.39 is 28.6 Å². The zero-order chi connectivity index (χ0) is 26.9. The number of rotatable bonds is 9. The molecule has 0 spiro atoms. The van der Waals surface area contributed by atoms with E-state index in [-0.39, 0.29) is 49.1 Å². The van der Waals surface area contributed by atoms with Gasteiger partial charge in [-0.15, -0.1) is 0 Å². The molecule has 0 aromatic rings. The summed E-state index contributed by atoms with van der Waals surface area (Å²) in [4.78, 5) is 13.3. The molecule has 10 atom stereocenters. The first-order valence-electron chi connectivity index (χ1n) is 13.7. The first-order chi connectivity index (χ1) is 16.8. The molecule has 3 rings (SSSR count). The lowest BCUT2D eigenvalue weighted by Crippen LogP contribution is -2.55. The van der Waals surface area contributed by atoms with Crippen molar-refractivity contribution in [1.29, 1.82) is 0 Å². The van der Waals surface area contributed by atoms with Crippen LogP contribution in [-0.4, -0.2) is 75.9 Å². The Bertz CT molecular complexity index is 798. The Morgan fingerprint density at radius 2 is 1.86 bits per heavy atom. The lowest BCUT2D eigenvalue weighted by molar-refractivity contribution is -0.287. The van der Waals surface area contributed by atoms with Gasteiger partial charge in [-0.25, -0.2) is 0 Å². The smallest absolute Gasteiger partial charge is 0.231 e. The SMILES string of the molecule is CC[C@@H](CO)[C@H]1OC(C=CC(=O)C2(O)CC[C@@](C)([C@H]3CC[C@](O)(CC)[C@H](C)O3)O2)(OC)[C@H](C)C[C@@H]1C. The van der Waals surface area contributed by atoms with Gasteiger partial charge in [0.1, 0.15) is 0 Å². The highest BCUT2D eigenvalue weighted by Crippen LogP contribution is 2.46. The van der Waals surface area contributed by atoms with E-state index >= 15 is 0 Å². The van der Waals surface area contributed by atoms with Crippen LogP contribution in [0.5, 0.6) is 0 Å². The highest BCUT2D eigenvalue weighted by atomic mass is 16.7. The number of hydrogen-bond donors (Lipinski definition) is 3. The third-order valence-electron chi connectivity index (χ3n) is 9.31. The number of methoxy groups -OCH3 is 1. The Hall–Kier alpha value is -0.870. The van der Waals surface area contributed by atoms with Gasteiger partial charge in [-0.05, 0) is 70.4 Å². The fraction of sp³-hybridized carbons (Fsp3) is 0.893. The summed E-state index contributed by atoms with van der Waals surface area (Å²) < 4.78 is 24.5. The molecule has 8 nitrogen and oxygen atoms in total. The van der Waals surface area contributed by atoms with Crippen molar-refractivity contribution in [3.63, 3.8) is 0 Å². The van der Waals surface area contributed by atoms with Crippen molar-refractivity contribution >= 4 is 5.78 Å². The van der Waals surface area contributed by atoms with Crippen molar-refractivity contribution in [2.75, 3.05) is 13.7 Å².